The lowest BCUT2D eigenvalue weighted by Crippen LogP contribution is -2.27. The summed E-state index contributed by atoms with van der Waals surface area (Å²) < 4.78 is 6.61. The largest absolute Gasteiger partial charge is 0.360 e. The second kappa shape index (κ2) is 8.54. The molecule has 0 aliphatic carbocycles. The number of hydrogen-bond donors (Lipinski definition) is 1. The number of nitrogens with zero attached hydrogens (tertiary/aromatic N) is 3. The first-order valence-corrected chi connectivity index (χ1v) is 10.4. The Morgan fingerprint density at radius 1 is 1.17 bits per heavy atom. The van der Waals surface area contributed by atoms with Crippen LogP contribution in [0.4, 0.5) is 5.82 Å². The van der Waals surface area contributed by atoms with Crippen LogP contribution in [-0.2, 0) is 4.79 Å². The highest BCUT2D eigenvalue weighted by atomic mass is 32.2. The maximum absolute atomic E-state index is 13.3. The average molecular weight is 420 g/mol. The monoisotopic (exact) mass is 420 g/mol. The summed E-state index contributed by atoms with van der Waals surface area (Å²) in [7, 11) is 0. The molecule has 0 fully saturated rings. The van der Waals surface area contributed by atoms with Crippen molar-refractivity contribution in [1.29, 1.82) is 0 Å². The predicted molar refractivity (Wildman–Crippen MR) is 117 cm³/mol. The topological polar surface area (TPSA) is 90.0 Å². The molecule has 1 amide bonds. The van der Waals surface area contributed by atoms with Gasteiger partial charge in [0.25, 0.3) is 5.56 Å². The van der Waals surface area contributed by atoms with Crippen molar-refractivity contribution in [2.24, 2.45) is 0 Å². The highest BCUT2D eigenvalue weighted by molar-refractivity contribution is 7.99. The van der Waals surface area contributed by atoms with Gasteiger partial charge < -0.3 is 9.84 Å². The third-order valence-corrected chi connectivity index (χ3v) is 5.63. The van der Waals surface area contributed by atoms with Crippen LogP contribution >= 0.6 is 11.8 Å². The van der Waals surface area contributed by atoms with Gasteiger partial charge in [0.05, 0.1) is 22.7 Å². The molecule has 0 radical (unpaired) electrons. The van der Waals surface area contributed by atoms with Gasteiger partial charge in [0.1, 0.15) is 5.76 Å². The van der Waals surface area contributed by atoms with E-state index in [1.54, 1.807) is 29.7 Å². The standard InChI is InChI=1S/C22H20N4O3S/c1-14-12-19(25-29-14)24-20(27)13-30-22-23-18-11-7-6-10-17(18)21(28)26(22)15(2)16-8-4-3-5-9-16/h3-12,15H,13H2,1-2H3,(H,24,25,27)/t15-/m0/s1. The van der Waals surface area contributed by atoms with Gasteiger partial charge in [0.2, 0.25) is 5.91 Å². The van der Waals surface area contributed by atoms with Crippen molar-refractivity contribution in [2.75, 3.05) is 11.1 Å². The van der Waals surface area contributed by atoms with Crippen LogP contribution in [0, 0.1) is 6.92 Å². The molecule has 0 aliphatic rings. The molecule has 0 spiro atoms. The molecule has 0 saturated carbocycles. The van der Waals surface area contributed by atoms with Gasteiger partial charge in [-0.25, -0.2) is 4.98 Å². The van der Waals surface area contributed by atoms with Gasteiger partial charge in [-0.05, 0) is 31.5 Å². The van der Waals surface area contributed by atoms with Gasteiger partial charge in [0, 0.05) is 6.07 Å². The fourth-order valence-electron chi connectivity index (χ4n) is 3.18. The van der Waals surface area contributed by atoms with E-state index < -0.39 is 0 Å². The van der Waals surface area contributed by atoms with Crippen LogP contribution in [0.25, 0.3) is 10.9 Å². The average Bonchev–Trinajstić information content (AvgIpc) is 3.17. The summed E-state index contributed by atoms with van der Waals surface area (Å²) in [5.74, 6) is 0.798. The molecular formula is C22H20N4O3S. The van der Waals surface area contributed by atoms with Crippen molar-refractivity contribution >= 4 is 34.4 Å². The van der Waals surface area contributed by atoms with Crippen LogP contribution in [0.1, 0.15) is 24.3 Å². The number of amides is 1. The number of benzene rings is 2. The maximum atomic E-state index is 13.3. The Morgan fingerprint density at radius 2 is 1.90 bits per heavy atom. The molecule has 30 heavy (non-hydrogen) atoms. The second-order valence-electron chi connectivity index (χ2n) is 6.83. The minimum absolute atomic E-state index is 0.0815. The lowest BCUT2D eigenvalue weighted by molar-refractivity contribution is -0.113. The molecule has 0 bridgehead atoms. The lowest BCUT2D eigenvalue weighted by atomic mass is 10.1. The Morgan fingerprint density at radius 3 is 2.63 bits per heavy atom. The maximum Gasteiger partial charge on any atom is 0.262 e. The minimum Gasteiger partial charge on any atom is -0.360 e. The van der Waals surface area contributed by atoms with Crippen molar-refractivity contribution in [2.45, 2.75) is 25.0 Å². The third-order valence-electron chi connectivity index (χ3n) is 4.67. The first-order chi connectivity index (χ1) is 14.5. The first-order valence-electron chi connectivity index (χ1n) is 9.45. The zero-order chi connectivity index (χ0) is 21.1. The molecule has 2 heterocycles. The fourth-order valence-corrected chi connectivity index (χ4v) is 4.06. The van der Waals surface area contributed by atoms with Crippen molar-refractivity contribution in [3.05, 3.63) is 82.3 Å². The molecule has 2 aromatic heterocycles. The van der Waals surface area contributed by atoms with Crippen LogP contribution in [-0.4, -0.2) is 26.4 Å². The molecule has 7 nitrogen and oxygen atoms in total. The molecule has 0 saturated heterocycles. The van der Waals surface area contributed by atoms with Crippen molar-refractivity contribution < 1.29 is 9.32 Å². The molecule has 0 aliphatic heterocycles. The van der Waals surface area contributed by atoms with E-state index in [0.29, 0.717) is 27.6 Å². The summed E-state index contributed by atoms with van der Waals surface area (Å²) in [4.78, 5) is 30.3. The number of thioether (sulfide) groups is 1. The van der Waals surface area contributed by atoms with E-state index in [9.17, 15) is 9.59 Å². The van der Waals surface area contributed by atoms with E-state index in [1.165, 1.54) is 11.8 Å². The summed E-state index contributed by atoms with van der Waals surface area (Å²) in [6.45, 7) is 3.70. The molecule has 8 heteroatoms. The summed E-state index contributed by atoms with van der Waals surface area (Å²) in [6.07, 6.45) is 0. The van der Waals surface area contributed by atoms with E-state index in [4.69, 9.17) is 4.52 Å². The predicted octanol–water partition coefficient (Wildman–Crippen LogP) is 4.03. The Kier molecular flexibility index (Phi) is 5.67. The Bertz CT molecular complexity index is 1250. The van der Waals surface area contributed by atoms with Crippen molar-refractivity contribution in [3.63, 3.8) is 0 Å². The summed E-state index contributed by atoms with van der Waals surface area (Å²) in [5, 5.41) is 7.49. The van der Waals surface area contributed by atoms with Crippen LogP contribution in [0.15, 0.2) is 75.1 Å². The van der Waals surface area contributed by atoms with Crippen LogP contribution in [0.5, 0.6) is 0 Å². The third kappa shape index (κ3) is 4.13. The molecule has 1 atom stereocenters. The number of aryl methyl sites for hydroxylation is 1. The number of rotatable bonds is 6. The first kappa shape index (κ1) is 19.9. The fraction of sp³-hybridized carbons (Fsp3) is 0.182. The van der Waals surface area contributed by atoms with Gasteiger partial charge in [-0.1, -0.05) is 59.4 Å². The molecular weight excluding hydrogens is 400 g/mol. The molecule has 152 valence electrons. The van der Waals surface area contributed by atoms with E-state index in [1.807, 2.05) is 49.4 Å². The van der Waals surface area contributed by atoms with Crippen molar-refractivity contribution in [1.82, 2.24) is 14.7 Å². The van der Waals surface area contributed by atoms with Gasteiger partial charge in [0.15, 0.2) is 11.0 Å². The second-order valence-corrected chi connectivity index (χ2v) is 7.78. The number of carbonyl (C=O) groups is 1. The summed E-state index contributed by atoms with van der Waals surface area (Å²) >= 11 is 1.21. The quantitative estimate of drug-likeness (QED) is 0.374. The number of hydrogen-bond acceptors (Lipinski definition) is 6. The van der Waals surface area contributed by atoms with Crippen LogP contribution in [0.3, 0.4) is 0 Å². The molecule has 4 rings (SSSR count). The van der Waals surface area contributed by atoms with Gasteiger partial charge in [-0.2, -0.15) is 0 Å². The molecule has 1 N–H and O–H groups in total. The van der Waals surface area contributed by atoms with E-state index >= 15 is 0 Å². The number of nitrogens with one attached hydrogen (secondary N) is 1. The Labute approximate surface area is 177 Å². The molecule has 0 unspecified atom stereocenters. The van der Waals surface area contributed by atoms with E-state index in [0.717, 1.165) is 5.56 Å². The van der Waals surface area contributed by atoms with Gasteiger partial charge >= 0.3 is 0 Å². The van der Waals surface area contributed by atoms with E-state index in [2.05, 4.69) is 15.5 Å². The number of aromatic nitrogens is 3. The smallest absolute Gasteiger partial charge is 0.262 e. The van der Waals surface area contributed by atoms with Crippen LogP contribution < -0.4 is 10.9 Å². The number of carbonyl (C=O) groups excluding carboxylic acids is 1. The minimum atomic E-state index is -0.255. The normalized spacial score (nSPS) is 12.1. The summed E-state index contributed by atoms with van der Waals surface area (Å²) in [5.41, 5.74) is 1.46. The number of para-hydroxylation sites is 1. The molecule has 2 aromatic carbocycles. The Balaban J connectivity index is 1.67. The number of fused-ring (bicyclic) bond motifs is 1. The Hall–Kier alpha value is -3.39. The summed E-state index contributed by atoms with van der Waals surface area (Å²) in [6, 6.07) is 18.4. The lowest BCUT2D eigenvalue weighted by Gasteiger charge is -2.19. The number of anilines is 1. The van der Waals surface area contributed by atoms with Crippen molar-refractivity contribution in [3.8, 4) is 0 Å². The highest BCUT2D eigenvalue weighted by Gasteiger charge is 2.19. The molecule has 4 aromatic rings. The van der Waals surface area contributed by atoms with E-state index in [-0.39, 0.29) is 23.3 Å². The highest BCUT2D eigenvalue weighted by Crippen LogP contribution is 2.25. The zero-order valence-corrected chi connectivity index (χ0v) is 17.3. The zero-order valence-electron chi connectivity index (χ0n) is 16.5. The van der Waals surface area contributed by atoms with Gasteiger partial charge in [-0.15, -0.1) is 0 Å². The van der Waals surface area contributed by atoms with Crippen LogP contribution in [0.2, 0.25) is 0 Å². The van der Waals surface area contributed by atoms with Gasteiger partial charge in [-0.3, -0.25) is 14.2 Å². The SMILES string of the molecule is Cc1cc(NC(=O)CSc2nc3ccccc3c(=O)n2[C@@H](C)c2ccccc2)no1.